The van der Waals surface area contributed by atoms with Crippen LogP contribution in [0.2, 0.25) is 0 Å². The van der Waals surface area contributed by atoms with Crippen molar-refractivity contribution in [2.45, 2.75) is 32.0 Å². The molecule has 2 rings (SSSR count). The van der Waals surface area contributed by atoms with Gasteiger partial charge in [-0.3, -0.25) is 0 Å². The Labute approximate surface area is 96.6 Å². The summed E-state index contributed by atoms with van der Waals surface area (Å²) in [6.45, 7) is 3.57. The van der Waals surface area contributed by atoms with Gasteiger partial charge in [-0.15, -0.1) is 0 Å². The molecular formula is C12H13F4N. The maximum absolute atomic E-state index is 13.1. The Bertz CT molecular complexity index is 450. The minimum Gasteiger partial charge on any atom is -0.327 e. The van der Waals surface area contributed by atoms with Crippen LogP contribution in [-0.2, 0) is 6.18 Å². The fraction of sp³-hybridized carbons (Fsp3) is 0.500. The van der Waals surface area contributed by atoms with Gasteiger partial charge in [-0.1, -0.05) is 13.8 Å². The molecule has 94 valence electrons. The lowest BCUT2D eigenvalue weighted by atomic mass is 9.97. The topological polar surface area (TPSA) is 26.0 Å². The standard InChI is InChI=1S/C12H13F4N/c1-11(2)9(10(11)17)7-5-6(13)3-4-8(7)12(14,15)16/h3-5,9-10H,17H2,1-2H3. The van der Waals surface area contributed by atoms with Gasteiger partial charge < -0.3 is 5.73 Å². The van der Waals surface area contributed by atoms with E-state index >= 15 is 0 Å². The molecule has 0 spiro atoms. The van der Waals surface area contributed by atoms with Crippen molar-refractivity contribution >= 4 is 0 Å². The quantitative estimate of drug-likeness (QED) is 0.757. The van der Waals surface area contributed by atoms with Crippen molar-refractivity contribution < 1.29 is 17.6 Å². The van der Waals surface area contributed by atoms with Crippen LogP contribution in [0.5, 0.6) is 0 Å². The fourth-order valence-corrected chi connectivity index (χ4v) is 2.32. The SMILES string of the molecule is CC1(C)C(N)C1c1cc(F)ccc1C(F)(F)F. The van der Waals surface area contributed by atoms with E-state index in [1.807, 2.05) is 0 Å². The molecule has 0 radical (unpaired) electrons. The largest absolute Gasteiger partial charge is 0.416 e. The maximum atomic E-state index is 13.1. The first-order chi connectivity index (χ1) is 7.65. The van der Waals surface area contributed by atoms with Crippen molar-refractivity contribution in [3.8, 4) is 0 Å². The van der Waals surface area contributed by atoms with Gasteiger partial charge in [-0.25, -0.2) is 4.39 Å². The molecule has 0 aromatic heterocycles. The van der Waals surface area contributed by atoms with E-state index < -0.39 is 28.9 Å². The fourth-order valence-electron chi connectivity index (χ4n) is 2.32. The molecule has 0 amide bonds. The Morgan fingerprint density at radius 1 is 1.24 bits per heavy atom. The van der Waals surface area contributed by atoms with Gasteiger partial charge in [0.05, 0.1) is 5.56 Å². The molecule has 1 aliphatic rings. The molecule has 2 unspecified atom stereocenters. The van der Waals surface area contributed by atoms with Gasteiger partial charge in [0.25, 0.3) is 0 Å². The Morgan fingerprint density at radius 3 is 2.18 bits per heavy atom. The highest BCUT2D eigenvalue weighted by molar-refractivity contribution is 5.41. The predicted molar refractivity (Wildman–Crippen MR) is 55.9 cm³/mol. The van der Waals surface area contributed by atoms with Crippen molar-refractivity contribution in [1.82, 2.24) is 0 Å². The number of halogens is 4. The van der Waals surface area contributed by atoms with Crippen LogP contribution >= 0.6 is 0 Å². The first-order valence-electron chi connectivity index (χ1n) is 5.28. The molecular weight excluding hydrogens is 234 g/mol. The highest BCUT2D eigenvalue weighted by Gasteiger charge is 2.58. The summed E-state index contributed by atoms with van der Waals surface area (Å²) in [4.78, 5) is 0. The molecule has 17 heavy (non-hydrogen) atoms. The van der Waals surface area contributed by atoms with E-state index in [4.69, 9.17) is 5.73 Å². The van der Waals surface area contributed by atoms with Crippen molar-refractivity contribution in [3.05, 3.63) is 35.1 Å². The van der Waals surface area contributed by atoms with Crippen LogP contribution in [0.15, 0.2) is 18.2 Å². The Balaban J connectivity index is 2.50. The molecule has 2 N–H and O–H groups in total. The van der Waals surface area contributed by atoms with Crippen LogP contribution in [0.4, 0.5) is 17.6 Å². The minimum atomic E-state index is -4.47. The summed E-state index contributed by atoms with van der Waals surface area (Å²) in [5, 5.41) is 0. The molecule has 0 heterocycles. The summed E-state index contributed by atoms with van der Waals surface area (Å²) in [7, 11) is 0. The maximum Gasteiger partial charge on any atom is 0.416 e. The number of nitrogens with two attached hydrogens (primary N) is 1. The van der Waals surface area contributed by atoms with Gasteiger partial charge >= 0.3 is 6.18 Å². The summed E-state index contributed by atoms with van der Waals surface area (Å²) in [5.74, 6) is -1.10. The number of rotatable bonds is 1. The second-order valence-electron chi connectivity index (χ2n) is 5.05. The monoisotopic (exact) mass is 247 g/mol. The molecule has 1 aromatic carbocycles. The Morgan fingerprint density at radius 2 is 1.76 bits per heavy atom. The molecule has 2 atom stereocenters. The third kappa shape index (κ3) is 1.92. The normalized spacial score (nSPS) is 27.0. The number of hydrogen-bond acceptors (Lipinski definition) is 1. The molecule has 0 bridgehead atoms. The van der Waals surface area contributed by atoms with E-state index in [-0.39, 0.29) is 11.6 Å². The van der Waals surface area contributed by atoms with E-state index in [1.165, 1.54) is 0 Å². The third-order valence-corrected chi connectivity index (χ3v) is 3.56. The molecule has 1 nitrogen and oxygen atoms in total. The van der Waals surface area contributed by atoms with Gasteiger partial charge in [-0.05, 0) is 29.2 Å². The minimum absolute atomic E-state index is 0.0324. The third-order valence-electron chi connectivity index (χ3n) is 3.56. The lowest BCUT2D eigenvalue weighted by Gasteiger charge is -2.13. The first kappa shape index (κ1) is 12.4. The van der Waals surface area contributed by atoms with Gasteiger partial charge in [0, 0.05) is 12.0 Å². The van der Waals surface area contributed by atoms with Crippen molar-refractivity contribution in [1.29, 1.82) is 0 Å². The van der Waals surface area contributed by atoms with Crippen molar-refractivity contribution in [3.63, 3.8) is 0 Å². The lowest BCUT2D eigenvalue weighted by molar-refractivity contribution is -0.138. The molecule has 1 aromatic rings. The van der Waals surface area contributed by atoms with Crippen LogP contribution in [0, 0.1) is 11.2 Å². The second kappa shape index (κ2) is 3.45. The number of benzene rings is 1. The molecule has 1 aliphatic carbocycles. The summed E-state index contributed by atoms with van der Waals surface area (Å²) in [6.07, 6.45) is -4.47. The van der Waals surface area contributed by atoms with E-state index in [1.54, 1.807) is 13.8 Å². The zero-order valence-corrected chi connectivity index (χ0v) is 9.48. The summed E-state index contributed by atoms with van der Waals surface area (Å²) < 4.78 is 51.4. The Kier molecular flexibility index (Phi) is 2.51. The molecule has 1 saturated carbocycles. The summed E-state index contributed by atoms with van der Waals surface area (Å²) in [5.41, 5.74) is 4.52. The summed E-state index contributed by atoms with van der Waals surface area (Å²) in [6, 6.07) is 2.20. The molecule has 5 heteroatoms. The zero-order valence-electron chi connectivity index (χ0n) is 9.48. The molecule has 0 saturated heterocycles. The van der Waals surface area contributed by atoms with Crippen LogP contribution < -0.4 is 5.73 Å². The lowest BCUT2D eigenvalue weighted by Crippen LogP contribution is -2.11. The van der Waals surface area contributed by atoms with Gasteiger partial charge in [-0.2, -0.15) is 13.2 Å². The van der Waals surface area contributed by atoms with E-state index in [2.05, 4.69) is 0 Å². The predicted octanol–water partition coefficient (Wildman–Crippen LogP) is 3.30. The average Bonchev–Trinajstić information content (AvgIpc) is 2.63. The highest BCUT2D eigenvalue weighted by atomic mass is 19.4. The highest BCUT2D eigenvalue weighted by Crippen LogP contribution is 2.59. The van der Waals surface area contributed by atoms with Crippen LogP contribution in [0.25, 0.3) is 0 Å². The van der Waals surface area contributed by atoms with Crippen LogP contribution in [0.1, 0.15) is 30.9 Å². The van der Waals surface area contributed by atoms with E-state index in [0.29, 0.717) is 0 Å². The van der Waals surface area contributed by atoms with Crippen molar-refractivity contribution in [2.24, 2.45) is 11.1 Å². The molecule has 0 aliphatic heterocycles. The zero-order chi connectivity index (χ0) is 13.0. The van der Waals surface area contributed by atoms with Crippen LogP contribution in [-0.4, -0.2) is 6.04 Å². The van der Waals surface area contributed by atoms with Gasteiger partial charge in [0.15, 0.2) is 0 Å². The average molecular weight is 247 g/mol. The number of hydrogen-bond donors (Lipinski definition) is 1. The number of alkyl halides is 3. The Hall–Kier alpha value is -1.10. The van der Waals surface area contributed by atoms with E-state index in [9.17, 15) is 17.6 Å². The first-order valence-corrected chi connectivity index (χ1v) is 5.28. The molecule has 1 fully saturated rings. The smallest absolute Gasteiger partial charge is 0.327 e. The van der Waals surface area contributed by atoms with E-state index in [0.717, 1.165) is 18.2 Å². The summed E-state index contributed by atoms with van der Waals surface area (Å²) >= 11 is 0. The second-order valence-corrected chi connectivity index (χ2v) is 5.05. The van der Waals surface area contributed by atoms with Crippen LogP contribution in [0.3, 0.4) is 0 Å². The van der Waals surface area contributed by atoms with Crippen molar-refractivity contribution in [2.75, 3.05) is 0 Å². The van der Waals surface area contributed by atoms with Gasteiger partial charge in [0.2, 0.25) is 0 Å². The van der Waals surface area contributed by atoms with Gasteiger partial charge in [0.1, 0.15) is 5.82 Å².